The number of amides is 1. The van der Waals surface area contributed by atoms with Crippen molar-refractivity contribution in [3.63, 3.8) is 0 Å². The van der Waals surface area contributed by atoms with Crippen LogP contribution in [0.15, 0.2) is 54.7 Å². The van der Waals surface area contributed by atoms with Gasteiger partial charge in [0.25, 0.3) is 0 Å². The zero-order valence-corrected chi connectivity index (χ0v) is 18.3. The van der Waals surface area contributed by atoms with Gasteiger partial charge in [0.2, 0.25) is 5.91 Å². The van der Waals surface area contributed by atoms with Gasteiger partial charge in [-0.1, -0.05) is 48.5 Å². The van der Waals surface area contributed by atoms with E-state index in [1.165, 1.54) is 11.1 Å². The summed E-state index contributed by atoms with van der Waals surface area (Å²) in [6.45, 7) is 4.03. The van der Waals surface area contributed by atoms with Crippen LogP contribution < -0.4 is 11.5 Å². The fourth-order valence-electron chi connectivity index (χ4n) is 4.21. The molecule has 160 valence electrons. The van der Waals surface area contributed by atoms with Gasteiger partial charge in [-0.05, 0) is 67.3 Å². The predicted molar refractivity (Wildman–Crippen MR) is 123 cm³/mol. The third-order valence-corrected chi connectivity index (χ3v) is 6.38. The number of nitrogens with two attached hydrogens (primary N) is 2. The standard InChI is InChI=1S/C26H30N4O/c1-17-16-29-24(15-19-7-9-20(10-8-19)18(2)27)30-23(17)12-11-21-5-3-4-6-22(21)26(13-14-26)25(28)31/h3-10,16,18H,11-15,27H2,1-2H3,(H2,28,31). The van der Waals surface area contributed by atoms with Gasteiger partial charge in [-0.2, -0.15) is 0 Å². The lowest BCUT2D eigenvalue weighted by atomic mass is 9.88. The Morgan fingerprint density at radius 2 is 1.81 bits per heavy atom. The molecule has 1 aliphatic carbocycles. The first-order valence-electron chi connectivity index (χ1n) is 10.9. The van der Waals surface area contributed by atoms with Crippen molar-refractivity contribution in [2.45, 2.75) is 57.4 Å². The molecule has 0 spiro atoms. The van der Waals surface area contributed by atoms with Crippen LogP contribution in [0.25, 0.3) is 0 Å². The minimum absolute atomic E-state index is 0.0310. The smallest absolute Gasteiger partial charge is 0.228 e. The molecule has 0 saturated heterocycles. The van der Waals surface area contributed by atoms with Crippen molar-refractivity contribution in [2.24, 2.45) is 11.5 Å². The second-order valence-corrected chi connectivity index (χ2v) is 8.73. The Kier molecular flexibility index (Phi) is 5.88. The molecule has 0 bridgehead atoms. The Morgan fingerprint density at radius 1 is 1.10 bits per heavy atom. The largest absolute Gasteiger partial charge is 0.369 e. The molecule has 1 amide bonds. The highest BCUT2D eigenvalue weighted by Crippen LogP contribution is 2.49. The number of aryl methyl sites for hydroxylation is 3. The van der Waals surface area contributed by atoms with Crippen molar-refractivity contribution < 1.29 is 4.79 Å². The molecule has 1 aromatic heterocycles. The van der Waals surface area contributed by atoms with Crippen LogP contribution >= 0.6 is 0 Å². The summed E-state index contributed by atoms with van der Waals surface area (Å²) in [4.78, 5) is 21.4. The molecule has 1 atom stereocenters. The van der Waals surface area contributed by atoms with E-state index in [0.29, 0.717) is 6.42 Å². The van der Waals surface area contributed by atoms with Gasteiger partial charge in [0.1, 0.15) is 5.82 Å². The molecule has 0 aliphatic heterocycles. The lowest BCUT2D eigenvalue weighted by molar-refractivity contribution is -0.120. The summed E-state index contributed by atoms with van der Waals surface area (Å²) >= 11 is 0. The molecule has 2 aromatic carbocycles. The molecule has 5 heteroatoms. The van der Waals surface area contributed by atoms with E-state index < -0.39 is 5.41 Å². The van der Waals surface area contributed by atoms with Gasteiger partial charge in [-0.3, -0.25) is 4.79 Å². The second kappa shape index (κ2) is 8.60. The molecule has 4 rings (SSSR count). The first kappa shape index (κ1) is 21.2. The minimum atomic E-state index is -0.463. The summed E-state index contributed by atoms with van der Waals surface area (Å²) in [7, 11) is 0. The second-order valence-electron chi connectivity index (χ2n) is 8.73. The topological polar surface area (TPSA) is 94.9 Å². The molecular formula is C26H30N4O. The van der Waals surface area contributed by atoms with Crippen molar-refractivity contribution in [1.29, 1.82) is 0 Å². The van der Waals surface area contributed by atoms with Gasteiger partial charge in [0, 0.05) is 24.4 Å². The Bertz CT molecular complexity index is 1080. The quantitative estimate of drug-likeness (QED) is 0.588. The van der Waals surface area contributed by atoms with E-state index >= 15 is 0 Å². The zero-order valence-electron chi connectivity index (χ0n) is 18.3. The lowest BCUT2D eigenvalue weighted by Gasteiger charge is -2.17. The van der Waals surface area contributed by atoms with Crippen LogP contribution in [-0.2, 0) is 29.5 Å². The Hall–Kier alpha value is -3.05. The molecular weight excluding hydrogens is 384 g/mol. The minimum Gasteiger partial charge on any atom is -0.369 e. The van der Waals surface area contributed by atoms with Crippen LogP contribution in [0.5, 0.6) is 0 Å². The van der Waals surface area contributed by atoms with Gasteiger partial charge >= 0.3 is 0 Å². The van der Waals surface area contributed by atoms with Crippen molar-refractivity contribution in [3.05, 3.63) is 94.1 Å². The monoisotopic (exact) mass is 414 g/mol. The number of primary amides is 1. The summed E-state index contributed by atoms with van der Waals surface area (Å²) < 4.78 is 0. The van der Waals surface area contributed by atoms with Crippen molar-refractivity contribution in [3.8, 4) is 0 Å². The molecule has 3 aromatic rings. The van der Waals surface area contributed by atoms with Gasteiger partial charge in [0.15, 0.2) is 0 Å². The van der Waals surface area contributed by atoms with Gasteiger partial charge < -0.3 is 11.5 Å². The highest BCUT2D eigenvalue weighted by atomic mass is 16.1. The Balaban J connectivity index is 1.50. The fraction of sp³-hybridized carbons (Fsp3) is 0.346. The number of carbonyl (C=O) groups is 1. The summed E-state index contributed by atoms with van der Waals surface area (Å²) in [6, 6.07) is 16.5. The highest BCUT2D eigenvalue weighted by Gasteiger charge is 2.50. The van der Waals surface area contributed by atoms with Crippen LogP contribution in [0.2, 0.25) is 0 Å². The first-order chi connectivity index (χ1) is 14.9. The van der Waals surface area contributed by atoms with Crippen LogP contribution in [0.4, 0.5) is 0 Å². The number of nitrogens with zero attached hydrogens (tertiary/aromatic N) is 2. The van der Waals surface area contributed by atoms with Gasteiger partial charge in [-0.25, -0.2) is 9.97 Å². The Labute approximate surface area is 183 Å². The molecule has 1 aliphatic rings. The molecule has 4 N–H and O–H groups in total. The average Bonchev–Trinajstić information content (AvgIpc) is 3.57. The van der Waals surface area contributed by atoms with E-state index in [1.807, 2.05) is 32.2 Å². The van der Waals surface area contributed by atoms with Gasteiger partial charge in [-0.15, -0.1) is 0 Å². The third kappa shape index (κ3) is 4.52. The molecule has 1 unspecified atom stereocenters. The van der Waals surface area contributed by atoms with E-state index in [2.05, 4.69) is 41.4 Å². The lowest BCUT2D eigenvalue weighted by Crippen LogP contribution is -2.29. The predicted octanol–water partition coefficient (Wildman–Crippen LogP) is 3.70. The number of hydrogen-bond acceptors (Lipinski definition) is 4. The molecule has 1 fully saturated rings. The molecule has 0 radical (unpaired) electrons. The maximum absolute atomic E-state index is 12.0. The third-order valence-electron chi connectivity index (χ3n) is 6.38. The van der Waals surface area contributed by atoms with Crippen molar-refractivity contribution >= 4 is 5.91 Å². The number of hydrogen-bond donors (Lipinski definition) is 2. The highest BCUT2D eigenvalue weighted by molar-refractivity contribution is 5.90. The summed E-state index contributed by atoms with van der Waals surface area (Å²) in [5.74, 6) is 0.605. The Morgan fingerprint density at radius 3 is 2.45 bits per heavy atom. The van der Waals surface area contributed by atoms with Crippen molar-refractivity contribution in [1.82, 2.24) is 9.97 Å². The summed E-state index contributed by atoms with van der Waals surface area (Å²) in [5, 5.41) is 0. The summed E-state index contributed by atoms with van der Waals surface area (Å²) in [5.41, 5.74) is 17.9. The zero-order chi connectivity index (χ0) is 22.0. The SMILES string of the molecule is Cc1cnc(Cc2ccc(C(C)N)cc2)nc1CCc1ccccc1C1(C(N)=O)CC1. The first-order valence-corrected chi connectivity index (χ1v) is 10.9. The van der Waals surface area contributed by atoms with E-state index in [9.17, 15) is 4.79 Å². The molecule has 1 saturated carbocycles. The maximum atomic E-state index is 12.0. The molecule has 31 heavy (non-hydrogen) atoms. The van der Waals surface area contributed by atoms with E-state index in [1.54, 1.807) is 0 Å². The number of rotatable bonds is 8. The summed E-state index contributed by atoms with van der Waals surface area (Å²) in [6.07, 6.45) is 5.91. The van der Waals surface area contributed by atoms with Crippen molar-refractivity contribution in [2.75, 3.05) is 0 Å². The number of benzene rings is 2. The molecule has 1 heterocycles. The van der Waals surface area contributed by atoms with E-state index in [4.69, 9.17) is 16.5 Å². The van der Waals surface area contributed by atoms with E-state index in [-0.39, 0.29) is 11.9 Å². The van der Waals surface area contributed by atoms with E-state index in [0.717, 1.165) is 53.9 Å². The van der Waals surface area contributed by atoms with Crippen LogP contribution in [0, 0.1) is 6.92 Å². The molecule has 5 nitrogen and oxygen atoms in total. The average molecular weight is 415 g/mol. The van der Waals surface area contributed by atoms with Crippen LogP contribution in [-0.4, -0.2) is 15.9 Å². The van der Waals surface area contributed by atoms with Crippen LogP contribution in [0.3, 0.4) is 0 Å². The maximum Gasteiger partial charge on any atom is 0.228 e. The van der Waals surface area contributed by atoms with Crippen LogP contribution in [0.1, 0.15) is 65.1 Å². The number of carbonyl (C=O) groups excluding carboxylic acids is 1. The normalized spacial score (nSPS) is 15.5. The fourth-order valence-corrected chi connectivity index (χ4v) is 4.21. The van der Waals surface area contributed by atoms with Gasteiger partial charge in [0.05, 0.1) is 5.41 Å². The number of aromatic nitrogens is 2.